The Morgan fingerprint density at radius 2 is 2.00 bits per heavy atom. The molecular formula is C21H22N2O5S. The third-order valence-electron chi connectivity index (χ3n) is 4.78. The molecule has 152 valence electrons. The number of benzene rings is 1. The van der Waals surface area contributed by atoms with Gasteiger partial charge in [0.05, 0.1) is 17.0 Å². The molecule has 0 radical (unpaired) electrons. The Morgan fingerprint density at radius 3 is 2.66 bits per heavy atom. The number of sulfonamides is 1. The average molecular weight is 414 g/mol. The average Bonchev–Trinajstić information content (AvgIpc) is 3.48. The van der Waals surface area contributed by atoms with Crippen molar-refractivity contribution in [3.63, 3.8) is 0 Å². The maximum Gasteiger partial charge on any atom is 0.338 e. The summed E-state index contributed by atoms with van der Waals surface area (Å²) < 4.78 is 33.8. The molecule has 3 rings (SSSR count). The molecule has 0 saturated heterocycles. The summed E-state index contributed by atoms with van der Waals surface area (Å²) in [4.78, 5) is 24.8. The number of nitrogens with zero attached hydrogens (tertiary/aromatic N) is 1. The number of ether oxygens (including phenoxy) is 1. The van der Waals surface area contributed by atoms with Gasteiger partial charge in [-0.1, -0.05) is 12.0 Å². The first kappa shape index (κ1) is 20.8. The summed E-state index contributed by atoms with van der Waals surface area (Å²) in [6.07, 6.45) is 7.28. The number of carbonyl (C=O) groups excluding carboxylic acids is 2. The number of hydrogen-bond donors (Lipinski definition) is 1. The summed E-state index contributed by atoms with van der Waals surface area (Å²) in [5, 5.41) is 0. The van der Waals surface area contributed by atoms with Crippen LogP contribution in [0, 0.1) is 26.2 Å². The third kappa shape index (κ3) is 4.58. The third-order valence-corrected chi connectivity index (χ3v) is 6.17. The van der Waals surface area contributed by atoms with Crippen LogP contribution in [0.2, 0.25) is 0 Å². The van der Waals surface area contributed by atoms with Gasteiger partial charge in [-0.15, -0.1) is 6.42 Å². The van der Waals surface area contributed by atoms with E-state index in [0.717, 1.165) is 24.2 Å². The van der Waals surface area contributed by atoms with E-state index in [1.807, 2.05) is 19.9 Å². The quantitative estimate of drug-likeness (QED) is 0.407. The number of carbonyl (C=O) groups is 2. The summed E-state index contributed by atoms with van der Waals surface area (Å²) >= 11 is 0. The number of Topliss-reactive ketones (excluding diaryl/α,β-unsaturated/α-hetero) is 1. The van der Waals surface area contributed by atoms with Crippen molar-refractivity contribution in [2.45, 2.75) is 37.6 Å². The molecular weight excluding hydrogens is 392 g/mol. The van der Waals surface area contributed by atoms with Gasteiger partial charge < -0.3 is 9.30 Å². The Hall–Kier alpha value is -2.89. The van der Waals surface area contributed by atoms with Crippen molar-refractivity contribution in [2.24, 2.45) is 0 Å². The molecule has 7 nitrogen and oxygen atoms in total. The van der Waals surface area contributed by atoms with E-state index >= 15 is 0 Å². The fourth-order valence-electron chi connectivity index (χ4n) is 3.26. The molecule has 1 saturated carbocycles. The molecule has 0 amide bonds. The lowest BCUT2D eigenvalue weighted by Gasteiger charge is -2.08. The van der Waals surface area contributed by atoms with Crippen LogP contribution in [0.25, 0.3) is 0 Å². The lowest BCUT2D eigenvalue weighted by Crippen LogP contribution is -2.24. The molecule has 2 aromatic rings. The van der Waals surface area contributed by atoms with E-state index in [-0.39, 0.29) is 22.8 Å². The second-order valence-electron chi connectivity index (χ2n) is 6.94. The second-order valence-corrected chi connectivity index (χ2v) is 8.71. The lowest BCUT2D eigenvalue weighted by atomic mass is 10.1. The van der Waals surface area contributed by atoms with Gasteiger partial charge in [0.2, 0.25) is 15.8 Å². The topological polar surface area (TPSA) is 94.5 Å². The molecule has 0 bridgehead atoms. The molecule has 0 aliphatic heterocycles. The zero-order chi connectivity index (χ0) is 21.2. The highest BCUT2D eigenvalue weighted by atomic mass is 32.2. The van der Waals surface area contributed by atoms with Crippen molar-refractivity contribution in [1.82, 2.24) is 9.29 Å². The van der Waals surface area contributed by atoms with Gasteiger partial charge in [-0.25, -0.2) is 13.2 Å². The standard InChI is InChI=1S/C21H22N2O5S/c1-4-10-22-29(26,27)18-7-5-6-16(12-18)21(25)28-13-20(24)19-11-14(2)23(15(19)3)17-8-9-17/h1,5-7,11-12,17,22H,8-10,13H2,2-3H3. The lowest BCUT2D eigenvalue weighted by molar-refractivity contribution is 0.0474. The van der Waals surface area contributed by atoms with Crippen molar-refractivity contribution in [2.75, 3.05) is 13.2 Å². The minimum atomic E-state index is -3.83. The highest BCUT2D eigenvalue weighted by Gasteiger charge is 2.28. The Kier molecular flexibility index (Phi) is 5.91. The zero-order valence-corrected chi connectivity index (χ0v) is 17.1. The van der Waals surface area contributed by atoms with Gasteiger partial charge in [0.25, 0.3) is 0 Å². The van der Waals surface area contributed by atoms with Crippen LogP contribution in [0.5, 0.6) is 0 Å². The number of aromatic nitrogens is 1. The van der Waals surface area contributed by atoms with Crippen LogP contribution < -0.4 is 4.72 Å². The van der Waals surface area contributed by atoms with Crippen molar-refractivity contribution in [3.05, 3.63) is 52.8 Å². The minimum Gasteiger partial charge on any atom is -0.454 e. The van der Waals surface area contributed by atoms with Gasteiger partial charge in [-0.05, 0) is 51.0 Å². The van der Waals surface area contributed by atoms with E-state index in [1.165, 1.54) is 24.3 Å². The largest absolute Gasteiger partial charge is 0.454 e. The van der Waals surface area contributed by atoms with Gasteiger partial charge in [0, 0.05) is 23.0 Å². The van der Waals surface area contributed by atoms with Crippen LogP contribution >= 0.6 is 0 Å². The molecule has 1 aromatic heterocycles. The van der Waals surface area contributed by atoms with Crippen LogP contribution in [0.4, 0.5) is 0 Å². The fourth-order valence-corrected chi connectivity index (χ4v) is 4.24. The zero-order valence-electron chi connectivity index (χ0n) is 16.3. The van der Waals surface area contributed by atoms with E-state index in [4.69, 9.17) is 11.2 Å². The molecule has 1 aliphatic carbocycles. The first-order chi connectivity index (χ1) is 13.7. The minimum absolute atomic E-state index is 0.0323. The summed E-state index contributed by atoms with van der Waals surface area (Å²) in [5.74, 6) is 1.11. The number of nitrogens with one attached hydrogen (secondary N) is 1. The highest BCUT2D eigenvalue weighted by Crippen LogP contribution is 2.38. The normalized spacial score (nSPS) is 13.7. The molecule has 0 unspecified atom stereocenters. The maximum absolute atomic E-state index is 12.5. The van der Waals surface area contributed by atoms with Crippen LogP contribution in [0.1, 0.15) is 51.0 Å². The van der Waals surface area contributed by atoms with Crippen molar-refractivity contribution < 1.29 is 22.7 Å². The number of ketones is 1. The van der Waals surface area contributed by atoms with Gasteiger partial charge >= 0.3 is 5.97 Å². The van der Waals surface area contributed by atoms with E-state index in [9.17, 15) is 18.0 Å². The first-order valence-corrected chi connectivity index (χ1v) is 10.6. The van der Waals surface area contributed by atoms with Crippen LogP contribution in [-0.2, 0) is 14.8 Å². The SMILES string of the molecule is C#CCNS(=O)(=O)c1cccc(C(=O)OCC(=O)c2cc(C)n(C3CC3)c2C)c1. The number of aryl methyl sites for hydroxylation is 1. The molecule has 1 fully saturated rings. The molecule has 8 heteroatoms. The van der Waals surface area contributed by atoms with Crippen molar-refractivity contribution >= 4 is 21.8 Å². The van der Waals surface area contributed by atoms with Crippen LogP contribution in [0.3, 0.4) is 0 Å². The molecule has 1 aromatic carbocycles. The molecule has 0 spiro atoms. The highest BCUT2D eigenvalue weighted by molar-refractivity contribution is 7.89. The molecule has 0 atom stereocenters. The van der Waals surface area contributed by atoms with Gasteiger partial charge in [0.1, 0.15) is 0 Å². The molecule has 1 aliphatic rings. The van der Waals surface area contributed by atoms with Crippen LogP contribution in [0.15, 0.2) is 35.2 Å². The van der Waals surface area contributed by atoms with Gasteiger partial charge in [0.15, 0.2) is 6.61 Å². The number of esters is 1. The smallest absolute Gasteiger partial charge is 0.338 e. The summed E-state index contributed by atoms with van der Waals surface area (Å²) in [6, 6.07) is 7.64. The Labute approximate surface area is 170 Å². The predicted molar refractivity (Wildman–Crippen MR) is 107 cm³/mol. The molecule has 1 heterocycles. The van der Waals surface area contributed by atoms with Gasteiger partial charge in [-0.2, -0.15) is 4.72 Å². The Balaban J connectivity index is 1.68. The number of hydrogen-bond acceptors (Lipinski definition) is 5. The molecule has 29 heavy (non-hydrogen) atoms. The van der Waals surface area contributed by atoms with E-state index in [0.29, 0.717) is 11.6 Å². The van der Waals surface area contributed by atoms with Crippen molar-refractivity contribution in [3.8, 4) is 12.3 Å². The monoisotopic (exact) mass is 414 g/mol. The van der Waals surface area contributed by atoms with E-state index < -0.39 is 22.6 Å². The van der Waals surface area contributed by atoms with Crippen molar-refractivity contribution in [1.29, 1.82) is 0 Å². The summed E-state index contributed by atoms with van der Waals surface area (Å²) in [6.45, 7) is 3.26. The number of rotatable bonds is 8. The number of terminal acetylenes is 1. The fraction of sp³-hybridized carbons (Fsp3) is 0.333. The first-order valence-electron chi connectivity index (χ1n) is 9.16. The van der Waals surface area contributed by atoms with Crippen LogP contribution in [-0.4, -0.2) is 37.9 Å². The summed E-state index contributed by atoms with van der Waals surface area (Å²) in [7, 11) is -3.83. The Bertz CT molecular complexity index is 1100. The Morgan fingerprint density at radius 1 is 1.28 bits per heavy atom. The maximum atomic E-state index is 12.5. The summed E-state index contributed by atoms with van der Waals surface area (Å²) in [5.41, 5.74) is 2.46. The van der Waals surface area contributed by atoms with E-state index in [2.05, 4.69) is 15.2 Å². The van der Waals surface area contributed by atoms with Gasteiger partial charge in [-0.3, -0.25) is 4.79 Å². The second kappa shape index (κ2) is 8.23. The molecule has 1 N–H and O–H groups in total. The van der Waals surface area contributed by atoms with E-state index in [1.54, 1.807) is 0 Å². The predicted octanol–water partition coefficient (Wildman–Crippen LogP) is 2.39.